The number of hydrogen-bond donors (Lipinski definition) is 2. The Morgan fingerprint density at radius 1 is 1.00 bits per heavy atom. The van der Waals surface area contributed by atoms with Gasteiger partial charge in [0.15, 0.2) is 0 Å². The molecule has 3 unspecified atom stereocenters. The molecule has 0 saturated carbocycles. The van der Waals surface area contributed by atoms with Gasteiger partial charge in [0, 0.05) is 29.6 Å². The highest BCUT2D eigenvalue weighted by Gasteiger charge is 2.30. The van der Waals surface area contributed by atoms with Crippen molar-refractivity contribution in [3.8, 4) is 11.5 Å². The summed E-state index contributed by atoms with van der Waals surface area (Å²) in [6, 6.07) is 21.3. The molecule has 4 nitrogen and oxygen atoms in total. The number of rotatable bonds is 10. The van der Waals surface area contributed by atoms with Gasteiger partial charge in [0.1, 0.15) is 17.3 Å². The number of para-hydroxylation sites is 1. The third-order valence-corrected chi connectivity index (χ3v) is 6.87. The predicted octanol–water partition coefficient (Wildman–Crippen LogP) is 5.96. The lowest BCUT2D eigenvalue weighted by Gasteiger charge is -2.36. The summed E-state index contributed by atoms with van der Waals surface area (Å²) in [5.74, 6) is 0.456. The van der Waals surface area contributed by atoms with E-state index in [0.29, 0.717) is 24.2 Å². The number of anilines is 1. The molecule has 0 saturated heterocycles. The van der Waals surface area contributed by atoms with E-state index in [4.69, 9.17) is 4.74 Å². The fraction of sp³-hybridized carbons (Fsp3) is 0.308. The average molecular weight is 456 g/mol. The number of methoxy groups -OCH3 is 1. The first kappa shape index (κ1) is 24.0. The highest BCUT2D eigenvalue weighted by molar-refractivity contribution is 7.99. The summed E-state index contributed by atoms with van der Waals surface area (Å²) in [4.78, 5) is 2.16. The topological polar surface area (TPSA) is 52.9 Å². The lowest BCUT2D eigenvalue weighted by Crippen LogP contribution is -2.32. The van der Waals surface area contributed by atoms with Crippen molar-refractivity contribution >= 4 is 17.4 Å². The predicted molar refractivity (Wildman–Crippen MR) is 130 cm³/mol. The Morgan fingerprint density at radius 2 is 1.69 bits per heavy atom. The Bertz CT molecular complexity index is 984. The third kappa shape index (κ3) is 5.75. The lowest BCUT2D eigenvalue weighted by molar-refractivity contribution is 0.163. The van der Waals surface area contributed by atoms with Crippen molar-refractivity contribution in [2.75, 3.05) is 25.3 Å². The summed E-state index contributed by atoms with van der Waals surface area (Å²) in [5, 5.41) is 21.6. The van der Waals surface area contributed by atoms with Crippen molar-refractivity contribution in [1.29, 1.82) is 0 Å². The number of aliphatic hydroxyl groups excluding tert-OH is 1. The van der Waals surface area contributed by atoms with Gasteiger partial charge in [-0.1, -0.05) is 30.3 Å². The van der Waals surface area contributed by atoms with Crippen LogP contribution in [0.25, 0.3) is 0 Å². The van der Waals surface area contributed by atoms with Gasteiger partial charge >= 0.3 is 0 Å². The molecule has 0 fully saturated rings. The van der Waals surface area contributed by atoms with Crippen LogP contribution < -0.4 is 9.64 Å². The number of nitrogens with zero attached hydrogens (tertiary/aromatic N) is 1. The van der Waals surface area contributed by atoms with E-state index in [-0.39, 0.29) is 22.9 Å². The summed E-state index contributed by atoms with van der Waals surface area (Å²) < 4.78 is 18.5. The number of halogens is 1. The van der Waals surface area contributed by atoms with Crippen molar-refractivity contribution < 1.29 is 19.3 Å². The van der Waals surface area contributed by atoms with E-state index < -0.39 is 6.10 Å². The van der Waals surface area contributed by atoms with Gasteiger partial charge < -0.3 is 19.8 Å². The van der Waals surface area contributed by atoms with Crippen molar-refractivity contribution in [2.24, 2.45) is 0 Å². The van der Waals surface area contributed by atoms with Crippen molar-refractivity contribution in [3.63, 3.8) is 0 Å². The lowest BCUT2D eigenvalue weighted by atomic mass is 9.95. The van der Waals surface area contributed by atoms with Crippen LogP contribution in [0.15, 0.2) is 72.8 Å². The van der Waals surface area contributed by atoms with Crippen LogP contribution >= 0.6 is 11.8 Å². The summed E-state index contributed by atoms with van der Waals surface area (Å²) in [7, 11) is 3.59. The van der Waals surface area contributed by atoms with E-state index in [1.165, 1.54) is 12.1 Å². The molecule has 0 heterocycles. The number of hydrogen-bond acceptors (Lipinski definition) is 5. The second-order valence-corrected chi connectivity index (χ2v) is 8.81. The van der Waals surface area contributed by atoms with Crippen LogP contribution in [0.1, 0.15) is 36.1 Å². The monoisotopic (exact) mass is 455 g/mol. The molecule has 3 rings (SSSR count). The fourth-order valence-electron chi connectivity index (χ4n) is 3.96. The highest BCUT2D eigenvalue weighted by Crippen LogP contribution is 2.41. The number of aliphatic hydroxyl groups is 1. The van der Waals surface area contributed by atoms with Crippen LogP contribution in [-0.4, -0.2) is 35.9 Å². The zero-order chi connectivity index (χ0) is 23.1. The molecule has 3 atom stereocenters. The Hall–Kier alpha value is -2.70. The molecule has 0 radical (unpaired) electrons. The Balaban J connectivity index is 1.88. The number of phenolic OH excluding ortho intramolecular Hbond substituents is 1. The maximum Gasteiger partial charge on any atom is 0.124 e. The van der Waals surface area contributed by atoms with Gasteiger partial charge in [0.2, 0.25) is 0 Å². The van der Waals surface area contributed by atoms with Crippen LogP contribution in [-0.2, 0) is 0 Å². The molecular weight excluding hydrogens is 425 g/mol. The number of aromatic hydroxyl groups is 1. The maximum atomic E-state index is 13.2. The van der Waals surface area contributed by atoms with Gasteiger partial charge in [-0.15, -0.1) is 0 Å². The van der Waals surface area contributed by atoms with Crippen LogP contribution in [0.2, 0.25) is 0 Å². The van der Waals surface area contributed by atoms with Crippen LogP contribution in [0.3, 0.4) is 0 Å². The first-order chi connectivity index (χ1) is 15.4. The van der Waals surface area contributed by atoms with Crippen LogP contribution in [0, 0.1) is 5.82 Å². The average Bonchev–Trinajstić information content (AvgIpc) is 2.82. The molecule has 6 heteroatoms. The molecule has 3 aromatic carbocycles. The van der Waals surface area contributed by atoms with Crippen LogP contribution in [0.4, 0.5) is 10.1 Å². The molecule has 0 bridgehead atoms. The molecule has 32 heavy (non-hydrogen) atoms. The van der Waals surface area contributed by atoms with Crippen molar-refractivity contribution in [1.82, 2.24) is 0 Å². The highest BCUT2D eigenvalue weighted by atomic mass is 32.2. The number of ether oxygens (including phenoxy) is 1. The first-order valence-corrected chi connectivity index (χ1v) is 11.8. The molecule has 170 valence electrons. The second-order valence-electron chi connectivity index (χ2n) is 7.73. The molecular formula is C26H30FNO3S. The Morgan fingerprint density at radius 3 is 2.28 bits per heavy atom. The summed E-state index contributed by atoms with van der Waals surface area (Å²) in [5.41, 5.74) is 2.53. The minimum absolute atomic E-state index is 0.0783. The second kappa shape index (κ2) is 11.2. The van der Waals surface area contributed by atoms with E-state index in [2.05, 4.69) is 4.90 Å². The number of benzene rings is 3. The molecule has 0 spiro atoms. The Labute approximate surface area is 193 Å². The first-order valence-electron chi connectivity index (χ1n) is 10.6. The summed E-state index contributed by atoms with van der Waals surface area (Å²) in [6.07, 6.45) is 2.58. The smallest absolute Gasteiger partial charge is 0.124 e. The standard InChI is InChI=1S/C26H30FNO3S/c1-28(20-7-5-4-6-8-20)26(22-14-13-21(31-2)17-24(22)30)25(32-3)16-15-23(29)18-9-11-19(27)12-10-18/h4-14,17,23,25-26,29-30H,15-16H2,1-3H3. The molecule has 3 aromatic rings. The minimum atomic E-state index is -0.683. The molecule has 0 aliphatic heterocycles. The van der Waals surface area contributed by atoms with Gasteiger partial charge in [-0.05, 0) is 61.1 Å². The van der Waals surface area contributed by atoms with Gasteiger partial charge in [0.25, 0.3) is 0 Å². The normalized spacial score (nSPS) is 13.9. The van der Waals surface area contributed by atoms with E-state index in [0.717, 1.165) is 11.3 Å². The zero-order valence-corrected chi connectivity index (χ0v) is 19.4. The van der Waals surface area contributed by atoms with Crippen molar-refractivity contribution in [2.45, 2.75) is 30.2 Å². The molecule has 0 amide bonds. The van der Waals surface area contributed by atoms with E-state index in [9.17, 15) is 14.6 Å². The van der Waals surface area contributed by atoms with Crippen molar-refractivity contribution in [3.05, 3.63) is 89.7 Å². The summed E-state index contributed by atoms with van der Waals surface area (Å²) in [6.45, 7) is 0. The molecule has 0 aromatic heterocycles. The largest absolute Gasteiger partial charge is 0.507 e. The SMILES string of the molecule is COc1ccc(C(C(CCC(O)c2ccc(F)cc2)SC)N(C)c2ccccc2)c(O)c1. The minimum Gasteiger partial charge on any atom is -0.507 e. The zero-order valence-electron chi connectivity index (χ0n) is 18.6. The maximum absolute atomic E-state index is 13.2. The van der Waals surface area contributed by atoms with Crippen LogP contribution in [0.5, 0.6) is 11.5 Å². The van der Waals surface area contributed by atoms with Gasteiger partial charge in [0.05, 0.1) is 19.3 Å². The van der Waals surface area contributed by atoms with Gasteiger partial charge in [-0.3, -0.25) is 0 Å². The Kier molecular flexibility index (Phi) is 8.42. The van der Waals surface area contributed by atoms with Gasteiger partial charge in [-0.25, -0.2) is 4.39 Å². The summed E-state index contributed by atoms with van der Waals surface area (Å²) >= 11 is 1.70. The molecule has 0 aliphatic carbocycles. The number of phenols is 1. The fourth-order valence-corrected chi connectivity index (χ4v) is 4.92. The van der Waals surface area contributed by atoms with E-state index in [1.54, 1.807) is 37.1 Å². The number of thioether (sulfide) groups is 1. The van der Waals surface area contributed by atoms with E-state index in [1.807, 2.05) is 55.8 Å². The molecule has 2 N–H and O–H groups in total. The third-order valence-electron chi connectivity index (χ3n) is 5.77. The van der Waals surface area contributed by atoms with Gasteiger partial charge in [-0.2, -0.15) is 11.8 Å². The quantitative estimate of drug-likeness (QED) is 0.395. The van der Waals surface area contributed by atoms with E-state index >= 15 is 0 Å². The molecule has 0 aliphatic rings.